The molecule has 17 heavy (non-hydrogen) atoms. The zero-order chi connectivity index (χ0) is 12.6. The van der Waals surface area contributed by atoms with Crippen molar-refractivity contribution in [1.82, 2.24) is 15.6 Å². The van der Waals surface area contributed by atoms with E-state index >= 15 is 0 Å². The first-order chi connectivity index (χ1) is 8.02. The molecule has 1 atom stereocenters. The lowest BCUT2D eigenvalue weighted by Crippen LogP contribution is -2.51. The fraction of sp³-hybridized carbons (Fsp3) is 0.700. The zero-order valence-electron chi connectivity index (χ0n) is 9.66. The molecule has 1 aliphatic heterocycles. The number of rotatable bonds is 2. The van der Waals surface area contributed by atoms with Gasteiger partial charge in [0.25, 0.3) is 11.8 Å². The van der Waals surface area contributed by atoms with Crippen LogP contribution in [0.15, 0.2) is 0 Å². The van der Waals surface area contributed by atoms with Crippen LogP contribution in [-0.4, -0.2) is 34.3 Å². The number of amides is 4. The minimum Gasteiger partial charge on any atom is -0.323 e. The zero-order valence-corrected chi connectivity index (χ0v) is 9.66. The molecule has 7 heteroatoms. The Kier molecular flexibility index (Phi) is 2.78. The van der Waals surface area contributed by atoms with Crippen LogP contribution in [0.25, 0.3) is 0 Å². The van der Waals surface area contributed by atoms with Crippen LogP contribution in [0.5, 0.6) is 0 Å². The van der Waals surface area contributed by atoms with Crippen molar-refractivity contribution in [3.8, 4) is 0 Å². The predicted molar refractivity (Wildman–Crippen MR) is 58.4 cm³/mol. The Morgan fingerprint density at radius 2 is 2.06 bits per heavy atom. The first-order valence-corrected chi connectivity index (χ1v) is 5.68. The number of imide groups is 1. The molecule has 94 valence electrons. The van der Waals surface area contributed by atoms with E-state index in [4.69, 9.17) is 5.84 Å². The molecule has 0 aromatic rings. The number of carbonyl (C=O) groups excluding carboxylic acids is 3. The molecule has 1 unspecified atom stereocenters. The third kappa shape index (κ3) is 1.66. The molecular formula is C10H16N4O3. The van der Waals surface area contributed by atoms with E-state index in [1.54, 1.807) is 0 Å². The SMILES string of the molecule is CC(C(=O)NN)N1C(=O)NC2(CCCC2)C1=O. The van der Waals surface area contributed by atoms with E-state index in [1.807, 2.05) is 5.43 Å². The van der Waals surface area contributed by atoms with E-state index < -0.39 is 23.5 Å². The summed E-state index contributed by atoms with van der Waals surface area (Å²) in [5, 5.41) is 2.71. The van der Waals surface area contributed by atoms with Crippen molar-refractivity contribution in [3.05, 3.63) is 0 Å². The van der Waals surface area contributed by atoms with Crippen molar-refractivity contribution >= 4 is 17.8 Å². The Hall–Kier alpha value is -1.63. The highest BCUT2D eigenvalue weighted by Crippen LogP contribution is 2.35. The van der Waals surface area contributed by atoms with Gasteiger partial charge in [-0.3, -0.25) is 15.0 Å². The first kappa shape index (κ1) is 11.8. The largest absolute Gasteiger partial charge is 0.325 e. The lowest BCUT2D eigenvalue weighted by molar-refractivity contribution is -0.137. The van der Waals surface area contributed by atoms with Crippen LogP contribution >= 0.6 is 0 Å². The Bertz CT molecular complexity index is 376. The predicted octanol–water partition coefficient (Wildman–Crippen LogP) is -0.771. The van der Waals surface area contributed by atoms with Crippen molar-refractivity contribution < 1.29 is 14.4 Å². The number of hydrogen-bond acceptors (Lipinski definition) is 4. The normalized spacial score (nSPS) is 24.0. The molecule has 1 heterocycles. The van der Waals surface area contributed by atoms with Gasteiger partial charge in [-0.25, -0.2) is 15.5 Å². The van der Waals surface area contributed by atoms with Gasteiger partial charge in [-0.05, 0) is 19.8 Å². The van der Waals surface area contributed by atoms with Crippen molar-refractivity contribution in [3.63, 3.8) is 0 Å². The molecule has 0 radical (unpaired) electrons. The van der Waals surface area contributed by atoms with Crippen LogP contribution < -0.4 is 16.6 Å². The summed E-state index contributed by atoms with van der Waals surface area (Å²) in [6.45, 7) is 1.48. The molecule has 1 aliphatic carbocycles. The van der Waals surface area contributed by atoms with Crippen molar-refractivity contribution in [2.24, 2.45) is 5.84 Å². The van der Waals surface area contributed by atoms with Crippen molar-refractivity contribution in [2.75, 3.05) is 0 Å². The average Bonchev–Trinajstić information content (AvgIpc) is 2.85. The summed E-state index contributed by atoms with van der Waals surface area (Å²) in [6.07, 6.45) is 3.12. The number of nitrogens with zero attached hydrogens (tertiary/aromatic N) is 1. The molecule has 1 saturated heterocycles. The molecule has 0 aromatic carbocycles. The molecule has 7 nitrogen and oxygen atoms in total. The summed E-state index contributed by atoms with van der Waals surface area (Å²) < 4.78 is 0. The molecule has 1 saturated carbocycles. The van der Waals surface area contributed by atoms with Gasteiger partial charge in [-0.1, -0.05) is 12.8 Å². The highest BCUT2D eigenvalue weighted by atomic mass is 16.2. The molecule has 4 amide bonds. The van der Waals surface area contributed by atoms with Crippen molar-refractivity contribution in [1.29, 1.82) is 0 Å². The second-order valence-corrected chi connectivity index (χ2v) is 4.58. The number of nitrogens with one attached hydrogen (secondary N) is 2. The highest BCUT2D eigenvalue weighted by molar-refractivity contribution is 6.09. The fourth-order valence-electron chi connectivity index (χ4n) is 2.55. The summed E-state index contributed by atoms with van der Waals surface area (Å²) in [4.78, 5) is 36.4. The Labute approximate surface area is 98.7 Å². The lowest BCUT2D eigenvalue weighted by Gasteiger charge is -2.22. The van der Waals surface area contributed by atoms with Gasteiger partial charge in [0, 0.05) is 0 Å². The van der Waals surface area contributed by atoms with E-state index in [0.717, 1.165) is 17.7 Å². The molecule has 0 aromatic heterocycles. The Balaban J connectivity index is 2.22. The number of hydrazine groups is 1. The summed E-state index contributed by atoms with van der Waals surface area (Å²) in [5.41, 5.74) is 1.17. The van der Waals surface area contributed by atoms with E-state index in [9.17, 15) is 14.4 Å². The number of hydrogen-bond donors (Lipinski definition) is 3. The van der Waals surface area contributed by atoms with Crippen LogP contribution in [0, 0.1) is 0 Å². The van der Waals surface area contributed by atoms with Gasteiger partial charge in [0.1, 0.15) is 11.6 Å². The highest BCUT2D eigenvalue weighted by Gasteiger charge is 2.54. The van der Waals surface area contributed by atoms with Gasteiger partial charge >= 0.3 is 6.03 Å². The maximum absolute atomic E-state index is 12.2. The number of nitrogens with two attached hydrogens (primary N) is 1. The topological polar surface area (TPSA) is 105 Å². The average molecular weight is 240 g/mol. The van der Waals surface area contributed by atoms with E-state index in [0.29, 0.717) is 12.8 Å². The van der Waals surface area contributed by atoms with Crippen LogP contribution in [-0.2, 0) is 9.59 Å². The smallest absolute Gasteiger partial charge is 0.323 e. The van der Waals surface area contributed by atoms with Gasteiger partial charge in [-0.15, -0.1) is 0 Å². The molecule has 2 rings (SSSR count). The van der Waals surface area contributed by atoms with Crippen LogP contribution in [0.2, 0.25) is 0 Å². The van der Waals surface area contributed by atoms with E-state index in [-0.39, 0.29) is 5.91 Å². The Morgan fingerprint density at radius 3 is 2.59 bits per heavy atom. The van der Waals surface area contributed by atoms with E-state index in [2.05, 4.69) is 5.32 Å². The molecule has 2 fully saturated rings. The first-order valence-electron chi connectivity index (χ1n) is 5.68. The van der Waals surface area contributed by atoms with Gasteiger partial charge in [-0.2, -0.15) is 0 Å². The monoisotopic (exact) mass is 240 g/mol. The summed E-state index contributed by atoms with van der Waals surface area (Å²) in [7, 11) is 0. The third-order valence-corrected chi connectivity index (χ3v) is 3.56. The second kappa shape index (κ2) is 3.99. The minimum atomic E-state index is -0.882. The van der Waals surface area contributed by atoms with Crippen LogP contribution in [0.4, 0.5) is 4.79 Å². The Morgan fingerprint density at radius 1 is 1.47 bits per heavy atom. The summed E-state index contributed by atoms with van der Waals surface area (Å²) in [6, 6.07) is -1.39. The maximum atomic E-state index is 12.2. The van der Waals surface area contributed by atoms with Crippen molar-refractivity contribution in [2.45, 2.75) is 44.2 Å². The number of carbonyl (C=O) groups is 3. The van der Waals surface area contributed by atoms with Crippen LogP contribution in [0.3, 0.4) is 0 Å². The maximum Gasteiger partial charge on any atom is 0.325 e. The number of urea groups is 1. The quantitative estimate of drug-likeness (QED) is 0.255. The standard InChI is InChI=1S/C10H16N4O3/c1-6(7(15)13-11)14-8(16)10(12-9(14)17)4-2-3-5-10/h6H,2-5,11H2,1H3,(H,12,17)(H,13,15). The van der Waals surface area contributed by atoms with Gasteiger partial charge in [0.2, 0.25) is 0 Å². The molecule has 2 aliphatic rings. The van der Waals surface area contributed by atoms with Gasteiger partial charge < -0.3 is 5.32 Å². The second-order valence-electron chi connectivity index (χ2n) is 4.58. The third-order valence-electron chi connectivity index (χ3n) is 3.56. The molecular weight excluding hydrogens is 224 g/mol. The molecule has 4 N–H and O–H groups in total. The van der Waals surface area contributed by atoms with Gasteiger partial charge in [0.15, 0.2) is 0 Å². The molecule has 0 bridgehead atoms. The van der Waals surface area contributed by atoms with E-state index in [1.165, 1.54) is 6.92 Å². The minimum absolute atomic E-state index is 0.309. The van der Waals surface area contributed by atoms with Gasteiger partial charge in [0.05, 0.1) is 0 Å². The molecule has 1 spiro atoms. The lowest BCUT2D eigenvalue weighted by atomic mass is 9.97. The summed E-state index contributed by atoms with van der Waals surface area (Å²) >= 11 is 0. The summed E-state index contributed by atoms with van der Waals surface area (Å²) in [5.74, 6) is 4.15. The van der Waals surface area contributed by atoms with Crippen LogP contribution in [0.1, 0.15) is 32.6 Å². The fourth-order valence-corrected chi connectivity index (χ4v) is 2.55.